The third kappa shape index (κ3) is 4.51. The van der Waals surface area contributed by atoms with E-state index in [9.17, 15) is 18.7 Å². The first kappa shape index (κ1) is 22.8. The number of aliphatic hydroxyl groups excluding tert-OH is 1. The van der Waals surface area contributed by atoms with Crippen molar-refractivity contribution in [1.82, 2.24) is 9.88 Å². The van der Waals surface area contributed by atoms with Crippen molar-refractivity contribution in [1.29, 1.82) is 0 Å². The number of nitrogens with one attached hydrogen (secondary N) is 2. The van der Waals surface area contributed by atoms with Crippen molar-refractivity contribution in [3.63, 3.8) is 0 Å². The molecule has 2 fully saturated rings. The highest BCUT2D eigenvalue weighted by atomic mass is 19.1. The van der Waals surface area contributed by atoms with Gasteiger partial charge in [0.05, 0.1) is 24.8 Å². The number of amides is 1. The minimum absolute atomic E-state index is 0.00245. The number of carbonyl (C=O) groups is 1. The fourth-order valence-corrected chi connectivity index (χ4v) is 4.93. The second-order valence-electron chi connectivity index (χ2n) is 9.05. The lowest BCUT2D eigenvalue weighted by Gasteiger charge is -2.36. The Morgan fingerprint density at radius 2 is 2.06 bits per heavy atom. The number of aliphatic hydroxyl groups is 1. The second-order valence-corrected chi connectivity index (χ2v) is 9.05. The molecule has 0 unspecified atom stereocenters. The molecule has 1 amide bonds. The zero-order chi connectivity index (χ0) is 23.8. The van der Waals surface area contributed by atoms with E-state index in [0.29, 0.717) is 41.5 Å². The van der Waals surface area contributed by atoms with Gasteiger partial charge in [-0.05, 0) is 49.2 Å². The highest BCUT2D eigenvalue weighted by Gasteiger charge is 2.31. The SMILES string of the molecule is Cc1ccc(F)c2cc(C(=O)Nc3cc(F)cc(N4CC[C@@H](N5CCO[C@H](CO)C5)C4)c3)[nH]c12. The smallest absolute Gasteiger partial charge is 0.272 e. The number of halogens is 2. The summed E-state index contributed by atoms with van der Waals surface area (Å²) < 4.78 is 34.1. The van der Waals surface area contributed by atoms with Crippen molar-refractivity contribution in [2.24, 2.45) is 0 Å². The van der Waals surface area contributed by atoms with Gasteiger partial charge < -0.3 is 25.0 Å². The Morgan fingerprint density at radius 3 is 2.85 bits per heavy atom. The van der Waals surface area contributed by atoms with E-state index in [1.807, 2.05) is 6.92 Å². The van der Waals surface area contributed by atoms with E-state index in [1.165, 1.54) is 24.3 Å². The number of morpholine rings is 1. The molecule has 3 heterocycles. The Morgan fingerprint density at radius 1 is 1.21 bits per heavy atom. The van der Waals surface area contributed by atoms with Gasteiger partial charge in [0.2, 0.25) is 0 Å². The second kappa shape index (κ2) is 9.32. The number of H-pyrrole nitrogens is 1. The molecule has 7 nitrogen and oxygen atoms in total. The summed E-state index contributed by atoms with van der Waals surface area (Å²) in [5, 5.41) is 12.5. The van der Waals surface area contributed by atoms with Crippen LogP contribution < -0.4 is 10.2 Å². The predicted octanol–water partition coefficient (Wildman–Crippen LogP) is 3.28. The third-order valence-electron chi connectivity index (χ3n) is 6.75. The maximum atomic E-state index is 14.5. The largest absolute Gasteiger partial charge is 0.394 e. The molecule has 180 valence electrons. The number of ether oxygens (including phenoxy) is 1. The fraction of sp³-hybridized carbons (Fsp3) is 0.400. The van der Waals surface area contributed by atoms with Crippen molar-refractivity contribution in [2.75, 3.05) is 49.6 Å². The van der Waals surface area contributed by atoms with E-state index in [2.05, 4.69) is 20.1 Å². The van der Waals surface area contributed by atoms with Gasteiger partial charge in [-0.3, -0.25) is 9.69 Å². The molecule has 0 radical (unpaired) electrons. The van der Waals surface area contributed by atoms with E-state index in [-0.39, 0.29) is 18.4 Å². The lowest BCUT2D eigenvalue weighted by atomic mass is 10.1. The van der Waals surface area contributed by atoms with Crippen LogP contribution in [0.3, 0.4) is 0 Å². The van der Waals surface area contributed by atoms with Crippen molar-refractivity contribution < 1.29 is 23.4 Å². The number of benzene rings is 2. The van der Waals surface area contributed by atoms with Crippen molar-refractivity contribution >= 4 is 28.2 Å². The van der Waals surface area contributed by atoms with Gasteiger partial charge in [0.25, 0.3) is 5.91 Å². The van der Waals surface area contributed by atoms with Gasteiger partial charge in [0.15, 0.2) is 0 Å². The first-order valence-corrected chi connectivity index (χ1v) is 11.5. The van der Waals surface area contributed by atoms with Crippen LogP contribution in [0.2, 0.25) is 0 Å². The van der Waals surface area contributed by atoms with Crippen LogP contribution in [-0.2, 0) is 4.74 Å². The van der Waals surface area contributed by atoms with Crippen LogP contribution in [0.5, 0.6) is 0 Å². The molecule has 2 aliphatic rings. The van der Waals surface area contributed by atoms with E-state index in [1.54, 1.807) is 12.1 Å². The number of nitrogens with zero attached hydrogens (tertiary/aromatic N) is 2. The number of aromatic amines is 1. The van der Waals surface area contributed by atoms with Gasteiger partial charge in [0.1, 0.15) is 17.3 Å². The summed E-state index contributed by atoms with van der Waals surface area (Å²) >= 11 is 0. The quantitative estimate of drug-likeness (QED) is 0.533. The zero-order valence-electron chi connectivity index (χ0n) is 19.0. The van der Waals surface area contributed by atoms with Crippen LogP contribution in [-0.4, -0.2) is 72.4 Å². The van der Waals surface area contributed by atoms with Gasteiger partial charge in [-0.15, -0.1) is 0 Å². The molecule has 3 aromatic rings. The fourth-order valence-electron chi connectivity index (χ4n) is 4.93. The minimum Gasteiger partial charge on any atom is -0.394 e. The maximum absolute atomic E-state index is 14.5. The van der Waals surface area contributed by atoms with Gasteiger partial charge in [0, 0.05) is 49.0 Å². The summed E-state index contributed by atoms with van der Waals surface area (Å²) in [6, 6.07) is 9.29. The lowest BCUT2D eigenvalue weighted by Crippen LogP contribution is -2.49. The van der Waals surface area contributed by atoms with E-state index >= 15 is 0 Å². The summed E-state index contributed by atoms with van der Waals surface area (Å²) in [4.78, 5) is 20.2. The summed E-state index contributed by atoms with van der Waals surface area (Å²) in [5.41, 5.74) is 2.65. The van der Waals surface area contributed by atoms with Crippen LogP contribution in [0.4, 0.5) is 20.2 Å². The number of hydrogen-bond donors (Lipinski definition) is 3. The number of aryl methyl sites for hydroxylation is 1. The van der Waals surface area contributed by atoms with Crippen LogP contribution >= 0.6 is 0 Å². The Bertz CT molecular complexity index is 1180. The predicted molar refractivity (Wildman–Crippen MR) is 126 cm³/mol. The molecule has 0 aliphatic carbocycles. The molecule has 2 saturated heterocycles. The zero-order valence-corrected chi connectivity index (χ0v) is 19.0. The number of anilines is 2. The molecule has 0 saturated carbocycles. The first-order chi connectivity index (χ1) is 16.4. The molecular formula is C25H28F2N4O3. The molecule has 3 N–H and O–H groups in total. The van der Waals surface area contributed by atoms with E-state index < -0.39 is 17.5 Å². The molecule has 5 rings (SSSR count). The van der Waals surface area contributed by atoms with Crippen LogP contribution in [0, 0.1) is 18.6 Å². The highest BCUT2D eigenvalue weighted by molar-refractivity contribution is 6.06. The summed E-state index contributed by atoms with van der Waals surface area (Å²) in [7, 11) is 0. The Kier molecular flexibility index (Phi) is 6.24. The summed E-state index contributed by atoms with van der Waals surface area (Å²) in [6.45, 7) is 5.42. The van der Waals surface area contributed by atoms with Gasteiger partial charge in [-0.1, -0.05) is 6.07 Å². The Hall–Kier alpha value is -3.01. The molecule has 1 aromatic heterocycles. The average molecular weight is 471 g/mol. The molecule has 2 aliphatic heterocycles. The Labute approximate surface area is 196 Å². The number of rotatable bonds is 5. The highest BCUT2D eigenvalue weighted by Crippen LogP contribution is 2.28. The molecule has 2 atom stereocenters. The molecular weight excluding hydrogens is 442 g/mol. The third-order valence-corrected chi connectivity index (χ3v) is 6.75. The first-order valence-electron chi connectivity index (χ1n) is 11.5. The standard InChI is InChI=1S/C25H28F2N4O3/c1-15-2-3-22(27)21-11-23(29-24(15)21)25(33)28-17-8-16(26)9-19(10-17)30-5-4-18(12-30)31-6-7-34-20(13-31)14-32/h2-3,8-11,18,20,29,32H,4-7,12-14H2,1H3,(H,28,33)/t18-,20+/m1/s1. The van der Waals surface area contributed by atoms with Crippen LogP contribution in [0.25, 0.3) is 10.9 Å². The number of hydrogen-bond acceptors (Lipinski definition) is 5. The minimum atomic E-state index is -0.464. The summed E-state index contributed by atoms with van der Waals surface area (Å²) in [5.74, 6) is -1.31. The lowest BCUT2D eigenvalue weighted by molar-refractivity contribution is -0.0623. The van der Waals surface area contributed by atoms with E-state index in [0.717, 1.165) is 31.6 Å². The van der Waals surface area contributed by atoms with Crippen LogP contribution in [0.15, 0.2) is 36.4 Å². The Balaban J connectivity index is 1.30. The van der Waals surface area contributed by atoms with Crippen LogP contribution in [0.1, 0.15) is 22.5 Å². The number of aromatic nitrogens is 1. The maximum Gasteiger partial charge on any atom is 0.272 e. The van der Waals surface area contributed by atoms with Gasteiger partial charge >= 0.3 is 0 Å². The van der Waals surface area contributed by atoms with E-state index in [4.69, 9.17) is 4.74 Å². The van der Waals surface area contributed by atoms with Crippen molar-refractivity contribution in [3.8, 4) is 0 Å². The molecule has 0 bridgehead atoms. The number of carbonyl (C=O) groups excluding carboxylic acids is 1. The van der Waals surface area contributed by atoms with Gasteiger partial charge in [-0.25, -0.2) is 8.78 Å². The topological polar surface area (TPSA) is 80.8 Å². The summed E-state index contributed by atoms with van der Waals surface area (Å²) in [6.07, 6.45) is 0.761. The van der Waals surface area contributed by atoms with Gasteiger partial charge in [-0.2, -0.15) is 0 Å². The normalized spacial score (nSPS) is 21.4. The molecule has 9 heteroatoms. The molecule has 2 aromatic carbocycles. The number of fused-ring (bicyclic) bond motifs is 1. The molecule has 0 spiro atoms. The van der Waals surface area contributed by atoms with Crippen molar-refractivity contribution in [3.05, 3.63) is 59.3 Å². The monoisotopic (exact) mass is 470 g/mol. The van der Waals surface area contributed by atoms with Crippen molar-refractivity contribution in [2.45, 2.75) is 25.5 Å². The average Bonchev–Trinajstić information content (AvgIpc) is 3.50. The molecule has 34 heavy (non-hydrogen) atoms.